The first kappa shape index (κ1) is 19.3. The second-order valence-corrected chi connectivity index (χ2v) is 9.87. The molecule has 2 heterocycles. The van der Waals surface area contributed by atoms with Crippen LogP contribution in [-0.2, 0) is 16.4 Å². The van der Waals surface area contributed by atoms with Crippen molar-refractivity contribution >= 4 is 33.2 Å². The molecule has 148 valence electrons. The molecule has 1 saturated heterocycles. The molecule has 1 atom stereocenters. The van der Waals surface area contributed by atoms with Crippen LogP contribution in [-0.4, -0.2) is 38.9 Å². The molecule has 0 N–H and O–H groups in total. The third kappa shape index (κ3) is 3.40. The second-order valence-electron chi connectivity index (χ2n) is 7.60. The predicted molar refractivity (Wildman–Crippen MR) is 110 cm³/mol. The molecule has 2 aliphatic heterocycles. The maximum Gasteiger partial charge on any atom is 0.264 e. The number of aryl methyl sites for hydroxylation is 1. The van der Waals surface area contributed by atoms with Crippen LogP contribution in [0.15, 0.2) is 47.4 Å². The molecular formula is C21H23ClN2O3S. The van der Waals surface area contributed by atoms with Crippen LogP contribution >= 0.6 is 11.6 Å². The van der Waals surface area contributed by atoms with Crippen molar-refractivity contribution in [1.29, 1.82) is 0 Å². The number of hydrogen-bond acceptors (Lipinski definition) is 3. The van der Waals surface area contributed by atoms with Crippen molar-refractivity contribution in [3.05, 3.63) is 58.6 Å². The molecule has 28 heavy (non-hydrogen) atoms. The number of benzene rings is 2. The third-order valence-corrected chi connectivity index (χ3v) is 7.67. The number of para-hydroxylation sites is 1. The third-order valence-electron chi connectivity index (χ3n) is 5.53. The molecule has 2 aliphatic rings. The molecule has 0 radical (unpaired) electrons. The van der Waals surface area contributed by atoms with Gasteiger partial charge in [-0.15, -0.1) is 0 Å². The molecule has 2 aromatic carbocycles. The molecule has 2 aromatic rings. The van der Waals surface area contributed by atoms with Crippen LogP contribution in [0.4, 0.5) is 5.69 Å². The Kier molecular flexibility index (Phi) is 5.10. The van der Waals surface area contributed by atoms with Gasteiger partial charge in [-0.1, -0.05) is 36.7 Å². The minimum absolute atomic E-state index is 0.101. The standard InChI is InChI=1S/C21H23ClN2O3S/c1-15-10-12-23(14-15)21(25)18-13-17(8-9-19(18)22)28(26,27)24-11-4-6-16-5-2-3-7-20(16)24/h2-3,5,7-9,13,15H,4,6,10-12,14H2,1H3. The zero-order valence-electron chi connectivity index (χ0n) is 15.8. The normalized spacial score (nSPS) is 19.6. The molecule has 0 spiro atoms. The van der Waals surface area contributed by atoms with Crippen molar-refractivity contribution < 1.29 is 13.2 Å². The van der Waals surface area contributed by atoms with Gasteiger partial charge in [-0.2, -0.15) is 0 Å². The molecule has 0 aliphatic carbocycles. The quantitative estimate of drug-likeness (QED) is 0.757. The summed E-state index contributed by atoms with van der Waals surface area (Å²) >= 11 is 6.27. The smallest absolute Gasteiger partial charge is 0.264 e. The van der Waals surface area contributed by atoms with Crippen molar-refractivity contribution in [2.75, 3.05) is 23.9 Å². The van der Waals surface area contributed by atoms with Crippen molar-refractivity contribution in [2.24, 2.45) is 5.92 Å². The highest BCUT2D eigenvalue weighted by molar-refractivity contribution is 7.92. The Balaban J connectivity index is 1.71. The lowest BCUT2D eigenvalue weighted by Gasteiger charge is -2.30. The average Bonchev–Trinajstić information content (AvgIpc) is 3.13. The molecule has 1 fully saturated rings. The van der Waals surface area contributed by atoms with Gasteiger partial charge in [-0.05, 0) is 55.0 Å². The number of sulfonamides is 1. The van der Waals surface area contributed by atoms with Crippen LogP contribution in [0.5, 0.6) is 0 Å². The summed E-state index contributed by atoms with van der Waals surface area (Å²) in [6.45, 7) is 3.87. The summed E-state index contributed by atoms with van der Waals surface area (Å²) in [6.07, 6.45) is 2.58. The number of fused-ring (bicyclic) bond motifs is 1. The van der Waals surface area contributed by atoms with E-state index in [-0.39, 0.29) is 21.4 Å². The predicted octanol–water partition coefficient (Wildman–Crippen LogP) is 3.96. The van der Waals surface area contributed by atoms with Gasteiger partial charge in [0.15, 0.2) is 0 Å². The Hall–Kier alpha value is -2.05. The van der Waals surface area contributed by atoms with Gasteiger partial charge in [0.05, 0.1) is 21.2 Å². The van der Waals surface area contributed by atoms with Crippen molar-refractivity contribution in [1.82, 2.24) is 4.90 Å². The van der Waals surface area contributed by atoms with E-state index >= 15 is 0 Å². The van der Waals surface area contributed by atoms with Gasteiger partial charge < -0.3 is 4.90 Å². The lowest BCUT2D eigenvalue weighted by Crippen LogP contribution is -2.35. The highest BCUT2D eigenvalue weighted by atomic mass is 35.5. The van der Waals surface area contributed by atoms with Crippen LogP contribution in [0.25, 0.3) is 0 Å². The summed E-state index contributed by atoms with van der Waals surface area (Å²) < 4.78 is 28.2. The highest BCUT2D eigenvalue weighted by Crippen LogP contribution is 2.33. The maximum atomic E-state index is 13.4. The average molecular weight is 419 g/mol. The monoisotopic (exact) mass is 418 g/mol. The van der Waals surface area contributed by atoms with Gasteiger partial charge in [-0.25, -0.2) is 8.42 Å². The van der Waals surface area contributed by atoms with E-state index < -0.39 is 10.0 Å². The van der Waals surface area contributed by atoms with Crippen LogP contribution in [0, 0.1) is 5.92 Å². The molecule has 0 bridgehead atoms. The Morgan fingerprint density at radius 1 is 1.14 bits per heavy atom. The first-order chi connectivity index (χ1) is 13.4. The SMILES string of the molecule is CC1CCN(C(=O)c2cc(S(=O)(=O)N3CCCc4ccccc43)ccc2Cl)C1. The van der Waals surface area contributed by atoms with Crippen LogP contribution < -0.4 is 4.31 Å². The van der Waals surface area contributed by atoms with Gasteiger partial charge in [0.2, 0.25) is 0 Å². The minimum atomic E-state index is -3.78. The number of carbonyl (C=O) groups excluding carboxylic acids is 1. The molecule has 1 unspecified atom stereocenters. The van der Waals surface area contributed by atoms with Crippen LogP contribution in [0.2, 0.25) is 5.02 Å². The summed E-state index contributed by atoms with van der Waals surface area (Å²) in [5.74, 6) is 0.241. The van der Waals surface area contributed by atoms with E-state index in [9.17, 15) is 13.2 Å². The van der Waals surface area contributed by atoms with E-state index in [1.54, 1.807) is 4.90 Å². The van der Waals surface area contributed by atoms with Crippen molar-refractivity contribution in [2.45, 2.75) is 31.1 Å². The van der Waals surface area contributed by atoms with E-state index in [0.717, 1.165) is 24.8 Å². The first-order valence-corrected chi connectivity index (χ1v) is 11.4. The highest BCUT2D eigenvalue weighted by Gasteiger charge is 2.31. The fourth-order valence-corrected chi connectivity index (χ4v) is 5.76. The van der Waals surface area contributed by atoms with Crippen LogP contribution in [0.1, 0.15) is 35.7 Å². The van der Waals surface area contributed by atoms with E-state index in [4.69, 9.17) is 11.6 Å². The fourth-order valence-electron chi connectivity index (χ4n) is 3.99. The molecule has 4 rings (SSSR count). The largest absolute Gasteiger partial charge is 0.338 e. The van der Waals surface area contributed by atoms with Crippen LogP contribution in [0.3, 0.4) is 0 Å². The Labute approximate surface area is 171 Å². The summed E-state index contributed by atoms with van der Waals surface area (Å²) in [6, 6.07) is 12.0. The summed E-state index contributed by atoms with van der Waals surface area (Å²) in [7, 11) is -3.78. The Bertz CT molecular complexity index is 1020. The summed E-state index contributed by atoms with van der Waals surface area (Å²) in [5.41, 5.74) is 1.99. The number of rotatable bonds is 3. The number of anilines is 1. The van der Waals surface area contributed by atoms with Gasteiger partial charge in [0.1, 0.15) is 0 Å². The fraction of sp³-hybridized carbons (Fsp3) is 0.381. The van der Waals surface area contributed by atoms with Gasteiger partial charge in [0.25, 0.3) is 15.9 Å². The molecule has 1 amide bonds. The van der Waals surface area contributed by atoms with E-state index in [1.807, 2.05) is 24.3 Å². The maximum absolute atomic E-state index is 13.4. The topological polar surface area (TPSA) is 57.7 Å². The van der Waals surface area contributed by atoms with E-state index in [0.29, 0.717) is 31.2 Å². The molecule has 7 heteroatoms. The molecule has 0 saturated carbocycles. The molecule has 0 aromatic heterocycles. The van der Waals surface area contributed by atoms with E-state index in [1.165, 1.54) is 22.5 Å². The zero-order valence-corrected chi connectivity index (χ0v) is 17.3. The van der Waals surface area contributed by atoms with Crippen molar-refractivity contribution in [3.63, 3.8) is 0 Å². The number of hydrogen-bond donors (Lipinski definition) is 0. The number of carbonyl (C=O) groups is 1. The number of likely N-dealkylation sites (tertiary alicyclic amines) is 1. The van der Waals surface area contributed by atoms with Gasteiger partial charge >= 0.3 is 0 Å². The lowest BCUT2D eigenvalue weighted by atomic mass is 10.0. The molecule has 5 nitrogen and oxygen atoms in total. The lowest BCUT2D eigenvalue weighted by molar-refractivity contribution is 0.0788. The number of nitrogens with zero attached hydrogens (tertiary/aromatic N) is 2. The molecular weight excluding hydrogens is 396 g/mol. The Morgan fingerprint density at radius 2 is 1.93 bits per heavy atom. The minimum Gasteiger partial charge on any atom is -0.338 e. The Morgan fingerprint density at radius 3 is 2.68 bits per heavy atom. The second kappa shape index (κ2) is 7.41. The summed E-state index contributed by atoms with van der Waals surface area (Å²) in [4.78, 5) is 14.7. The van der Waals surface area contributed by atoms with E-state index in [2.05, 4.69) is 6.92 Å². The number of amides is 1. The van der Waals surface area contributed by atoms with Gasteiger partial charge in [-0.3, -0.25) is 9.10 Å². The van der Waals surface area contributed by atoms with Gasteiger partial charge in [0, 0.05) is 19.6 Å². The zero-order chi connectivity index (χ0) is 19.9. The summed E-state index contributed by atoms with van der Waals surface area (Å²) in [5, 5.41) is 0.280. The number of halogens is 1. The van der Waals surface area contributed by atoms with Crippen molar-refractivity contribution in [3.8, 4) is 0 Å². The first-order valence-electron chi connectivity index (χ1n) is 9.57.